The molecule has 1 aliphatic heterocycles. The zero-order valence-corrected chi connectivity index (χ0v) is 12.7. The Morgan fingerprint density at radius 1 is 1.16 bits per heavy atom. The summed E-state index contributed by atoms with van der Waals surface area (Å²) in [5.41, 5.74) is 0. The van der Waals surface area contributed by atoms with E-state index >= 15 is 0 Å². The summed E-state index contributed by atoms with van der Waals surface area (Å²) >= 11 is 0. The van der Waals surface area contributed by atoms with Gasteiger partial charge in [0.2, 0.25) is 0 Å². The summed E-state index contributed by atoms with van der Waals surface area (Å²) in [6.45, 7) is 3.35. The van der Waals surface area contributed by atoms with Crippen LogP contribution in [0.3, 0.4) is 0 Å². The van der Waals surface area contributed by atoms with Crippen LogP contribution >= 0.6 is 0 Å². The maximum absolute atomic E-state index is 11.6. The Hall–Kier alpha value is -0.130. The molecule has 2 aliphatic rings. The SMILES string of the molecule is CCS(=O)(=O)CCN1CCCC1C1CCCCC1O. The fourth-order valence-corrected chi connectivity index (χ4v) is 4.41. The van der Waals surface area contributed by atoms with Crippen molar-refractivity contribution in [2.75, 3.05) is 24.6 Å². The van der Waals surface area contributed by atoms with Gasteiger partial charge in [0, 0.05) is 24.3 Å². The van der Waals surface area contributed by atoms with Gasteiger partial charge >= 0.3 is 0 Å². The van der Waals surface area contributed by atoms with Gasteiger partial charge in [-0.25, -0.2) is 8.42 Å². The predicted molar refractivity (Wildman–Crippen MR) is 76.9 cm³/mol. The molecule has 1 N–H and O–H groups in total. The third kappa shape index (κ3) is 3.92. The first-order valence-electron chi connectivity index (χ1n) is 7.66. The average molecular weight is 289 g/mol. The minimum Gasteiger partial charge on any atom is -0.393 e. The van der Waals surface area contributed by atoms with Gasteiger partial charge in [-0.1, -0.05) is 19.8 Å². The van der Waals surface area contributed by atoms with E-state index in [0.29, 0.717) is 18.5 Å². The molecular weight excluding hydrogens is 262 g/mol. The Labute approximate surface area is 117 Å². The molecule has 112 valence electrons. The second-order valence-electron chi connectivity index (χ2n) is 6.00. The normalized spacial score (nSPS) is 33.7. The van der Waals surface area contributed by atoms with Crippen molar-refractivity contribution in [3.8, 4) is 0 Å². The summed E-state index contributed by atoms with van der Waals surface area (Å²) in [4.78, 5) is 2.31. The molecule has 3 unspecified atom stereocenters. The van der Waals surface area contributed by atoms with Crippen LogP contribution in [0.1, 0.15) is 45.4 Å². The van der Waals surface area contributed by atoms with E-state index in [4.69, 9.17) is 0 Å². The Morgan fingerprint density at radius 2 is 1.89 bits per heavy atom. The van der Waals surface area contributed by atoms with Crippen LogP contribution in [0, 0.1) is 5.92 Å². The van der Waals surface area contributed by atoms with E-state index in [2.05, 4.69) is 4.90 Å². The summed E-state index contributed by atoms with van der Waals surface area (Å²) in [7, 11) is -2.88. The zero-order chi connectivity index (χ0) is 13.9. The molecule has 0 aromatic carbocycles. The summed E-state index contributed by atoms with van der Waals surface area (Å²) < 4.78 is 23.3. The van der Waals surface area contributed by atoms with Crippen LogP contribution in [0.2, 0.25) is 0 Å². The molecule has 1 heterocycles. The van der Waals surface area contributed by atoms with E-state index in [0.717, 1.165) is 38.6 Å². The van der Waals surface area contributed by atoms with Crippen molar-refractivity contribution >= 4 is 9.84 Å². The lowest BCUT2D eigenvalue weighted by Gasteiger charge is -2.37. The summed E-state index contributed by atoms with van der Waals surface area (Å²) in [6, 6.07) is 0.405. The highest BCUT2D eigenvalue weighted by Gasteiger charge is 2.36. The molecule has 0 spiro atoms. The van der Waals surface area contributed by atoms with Crippen LogP contribution < -0.4 is 0 Å². The van der Waals surface area contributed by atoms with Crippen LogP contribution in [-0.4, -0.2) is 55.2 Å². The van der Waals surface area contributed by atoms with Crippen LogP contribution in [0.15, 0.2) is 0 Å². The average Bonchev–Trinajstić information content (AvgIpc) is 2.85. The number of hydrogen-bond acceptors (Lipinski definition) is 4. The maximum Gasteiger partial charge on any atom is 0.151 e. The van der Waals surface area contributed by atoms with Gasteiger partial charge < -0.3 is 5.11 Å². The number of aliphatic hydroxyl groups excluding tert-OH is 1. The molecule has 0 bridgehead atoms. The summed E-state index contributed by atoms with van der Waals surface area (Å²) in [5, 5.41) is 10.2. The van der Waals surface area contributed by atoms with Gasteiger partial charge in [-0.15, -0.1) is 0 Å². The molecule has 1 aliphatic carbocycles. The van der Waals surface area contributed by atoms with Crippen molar-refractivity contribution < 1.29 is 13.5 Å². The lowest BCUT2D eigenvalue weighted by atomic mass is 9.80. The third-order valence-corrected chi connectivity index (χ3v) is 6.50. The fourth-order valence-electron chi connectivity index (χ4n) is 3.60. The van der Waals surface area contributed by atoms with Crippen LogP contribution in [0.5, 0.6) is 0 Å². The molecule has 5 heteroatoms. The highest BCUT2D eigenvalue weighted by Crippen LogP contribution is 2.34. The predicted octanol–water partition coefficient (Wildman–Crippen LogP) is 1.44. The Kier molecular flexibility index (Phi) is 5.26. The molecule has 2 rings (SSSR count). The van der Waals surface area contributed by atoms with Gasteiger partial charge in [0.1, 0.15) is 0 Å². The minimum atomic E-state index is -2.88. The lowest BCUT2D eigenvalue weighted by molar-refractivity contribution is 0.0237. The molecule has 0 aromatic heterocycles. The van der Waals surface area contributed by atoms with Crippen molar-refractivity contribution in [3.05, 3.63) is 0 Å². The molecule has 3 atom stereocenters. The van der Waals surface area contributed by atoms with Crippen molar-refractivity contribution in [3.63, 3.8) is 0 Å². The van der Waals surface area contributed by atoms with Gasteiger partial charge in [0.25, 0.3) is 0 Å². The van der Waals surface area contributed by atoms with E-state index in [1.165, 1.54) is 6.42 Å². The number of sulfone groups is 1. The topological polar surface area (TPSA) is 57.6 Å². The number of rotatable bonds is 5. The van der Waals surface area contributed by atoms with Crippen molar-refractivity contribution in [2.45, 2.75) is 57.6 Å². The Balaban J connectivity index is 1.93. The molecule has 4 nitrogen and oxygen atoms in total. The standard InChI is InChI=1S/C14H27NO3S/c1-2-19(17,18)11-10-15-9-5-7-13(15)12-6-3-4-8-14(12)16/h12-14,16H,2-11H2,1H3. The second kappa shape index (κ2) is 6.55. The van der Waals surface area contributed by atoms with Crippen molar-refractivity contribution in [1.82, 2.24) is 4.90 Å². The maximum atomic E-state index is 11.6. The molecule has 19 heavy (non-hydrogen) atoms. The molecule has 0 aromatic rings. The summed E-state index contributed by atoms with van der Waals surface area (Å²) in [6.07, 6.45) is 6.44. The fraction of sp³-hybridized carbons (Fsp3) is 1.00. The van der Waals surface area contributed by atoms with Crippen molar-refractivity contribution in [1.29, 1.82) is 0 Å². The number of aliphatic hydroxyl groups is 1. The first-order valence-corrected chi connectivity index (χ1v) is 9.48. The smallest absolute Gasteiger partial charge is 0.151 e. The van der Waals surface area contributed by atoms with Gasteiger partial charge in [0.15, 0.2) is 9.84 Å². The monoisotopic (exact) mass is 289 g/mol. The summed E-state index contributed by atoms with van der Waals surface area (Å²) in [5.74, 6) is 0.862. The van der Waals surface area contributed by atoms with E-state index in [1.807, 2.05) is 0 Å². The molecule has 0 amide bonds. The van der Waals surface area contributed by atoms with Crippen LogP contribution in [0.25, 0.3) is 0 Å². The third-order valence-electron chi connectivity index (χ3n) is 4.82. The van der Waals surface area contributed by atoms with E-state index < -0.39 is 9.84 Å². The zero-order valence-electron chi connectivity index (χ0n) is 11.9. The van der Waals surface area contributed by atoms with Gasteiger partial charge in [0.05, 0.1) is 11.9 Å². The van der Waals surface area contributed by atoms with E-state index in [1.54, 1.807) is 6.92 Å². The minimum absolute atomic E-state index is 0.179. The number of hydrogen-bond donors (Lipinski definition) is 1. The first-order chi connectivity index (χ1) is 9.03. The van der Waals surface area contributed by atoms with Crippen LogP contribution in [-0.2, 0) is 9.84 Å². The van der Waals surface area contributed by atoms with Gasteiger partial charge in [-0.2, -0.15) is 0 Å². The van der Waals surface area contributed by atoms with E-state index in [-0.39, 0.29) is 17.6 Å². The van der Waals surface area contributed by atoms with Crippen LogP contribution in [0.4, 0.5) is 0 Å². The van der Waals surface area contributed by atoms with Gasteiger partial charge in [-0.05, 0) is 32.2 Å². The molecule has 2 fully saturated rings. The number of nitrogens with zero attached hydrogens (tertiary/aromatic N) is 1. The quantitative estimate of drug-likeness (QED) is 0.832. The highest BCUT2D eigenvalue weighted by molar-refractivity contribution is 7.91. The molecular formula is C14H27NO3S. The largest absolute Gasteiger partial charge is 0.393 e. The molecule has 0 radical (unpaired) electrons. The first kappa shape index (κ1) is 15.3. The van der Waals surface area contributed by atoms with Crippen molar-refractivity contribution in [2.24, 2.45) is 5.92 Å². The molecule has 1 saturated heterocycles. The second-order valence-corrected chi connectivity index (χ2v) is 8.47. The Bertz CT molecular complexity index is 382. The van der Waals surface area contributed by atoms with Gasteiger partial charge in [-0.3, -0.25) is 4.90 Å². The Morgan fingerprint density at radius 3 is 2.58 bits per heavy atom. The number of likely N-dealkylation sites (tertiary alicyclic amines) is 1. The van der Waals surface area contributed by atoms with E-state index in [9.17, 15) is 13.5 Å². The molecule has 1 saturated carbocycles. The highest BCUT2D eigenvalue weighted by atomic mass is 32.2. The lowest BCUT2D eigenvalue weighted by Crippen LogP contribution is -2.44.